The van der Waals surface area contributed by atoms with Crippen LogP contribution >= 0.6 is 11.8 Å². The second-order valence-corrected chi connectivity index (χ2v) is 8.68. The summed E-state index contributed by atoms with van der Waals surface area (Å²) >= 11 is 1.55. The van der Waals surface area contributed by atoms with E-state index in [1.165, 1.54) is 0 Å². The van der Waals surface area contributed by atoms with Gasteiger partial charge in [-0.25, -0.2) is 4.79 Å². The molecule has 4 N–H and O–H groups in total. The second kappa shape index (κ2) is 8.58. The van der Waals surface area contributed by atoms with Crippen LogP contribution < -0.4 is 21.3 Å². The topological polar surface area (TPSA) is 109 Å². The number of carbonyl (C=O) groups excluding carboxylic acids is 3. The summed E-state index contributed by atoms with van der Waals surface area (Å²) in [4.78, 5) is 36.7. The molecule has 3 heterocycles. The maximum atomic E-state index is 12.7. The number of thioether (sulfide) groups is 1. The van der Waals surface area contributed by atoms with Gasteiger partial charge in [-0.1, -0.05) is 0 Å². The van der Waals surface area contributed by atoms with E-state index in [1.807, 2.05) is 0 Å². The monoisotopic (exact) mass is 384 g/mol. The van der Waals surface area contributed by atoms with Gasteiger partial charge in [-0.3, -0.25) is 14.9 Å². The minimum atomic E-state index is -0.734. The first kappa shape index (κ1) is 19.4. The van der Waals surface area contributed by atoms with Crippen LogP contribution in [0.15, 0.2) is 0 Å². The van der Waals surface area contributed by atoms with Gasteiger partial charge in [-0.05, 0) is 45.4 Å². The fourth-order valence-corrected chi connectivity index (χ4v) is 5.17. The molecule has 0 aliphatic carbocycles. The zero-order valence-electron chi connectivity index (χ0n) is 15.2. The lowest BCUT2D eigenvalue weighted by atomic mass is 9.90. The first-order valence-electron chi connectivity index (χ1n) is 9.34. The Bertz CT molecular complexity index is 559. The van der Waals surface area contributed by atoms with E-state index in [4.69, 9.17) is 4.74 Å². The van der Waals surface area contributed by atoms with E-state index in [-0.39, 0.29) is 29.2 Å². The molecule has 26 heavy (non-hydrogen) atoms. The Kier molecular flexibility index (Phi) is 6.42. The number of hydrogen-bond donors (Lipinski definition) is 4. The van der Waals surface area contributed by atoms with Crippen molar-refractivity contribution >= 4 is 29.7 Å². The van der Waals surface area contributed by atoms with Crippen molar-refractivity contribution in [2.24, 2.45) is 11.8 Å². The molecule has 3 aliphatic rings. The summed E-state index contributed by atoms with van der Waals surface area (Å²) in [5.74, 6) is -0.149. The molecule has 3 saturated heterocycles. The molecule has 5 unspecified atom stereocenters. The number of imide groups is 1. The summed E-state index contributed by atoms with van der Waals surface area (Å²) in [5, 5.41) is 11.9. The van der Waals surface area contributed by atoms with Crippen molar-refractivity contribution in [3.8, 4) is 0 Å². The molecule has 3 fully saturated rings. The van der Waals surface area contributed by atoms with Crippen LogP contribution in [0.25, 0.3) is 0 Å². The van der Waals surface area contributed by atoms with E-state index >= 15 is 0 Å². The molecule has 146 valence electrons. The number of carbonyl (C=O) groups is 3. The highest BCUT2D eigenvalue weighted by atomic mass is 32.2. The molecule has 0 spiro atoms. The lowest BCUT2D eigenvalue weighted by molar-refractivity contribution is -0.127. The highest BCUT2D eigenvalue weighted by Gasteiger charge is 2.40. The fraction of sp³-hybridized carbons (Fsp3) is 0.824. The summed E-state index contributed by atoms with van der Waals surface area (Å²) in [6.07, 6.45) is 1.53. The Morgan fingerprint density at radius 2 is 1.92 bits per heavy atom. The summed E-state index contributed by atoms with van der Waals surface area (Å²) in [6.45, 7) is 5.11. The van der Waals surface area contributed by atoms with Gasteiger partial charge in [0, 0.05) is 18.6 Å². The van der Waals surface area contributed by atoms with Gasteiger partial charge in [0.05, 0.1) is 23.3 Å². The molecule has 5 atom stereocenters. The van der Waals surface area contributed by atoms with E-state index in [2.05, 4.69) is 21.3 Å². The van der Waals surface area contributed by atoms with Gasteiger partial charge in [-0.2, -0.15) is 0 Å². The molecule has 0 bridgehead atoms. The molecular formula is C17H28N4O4S. The number of hydrogen-bond acceptors (Lipinski definition) is 7. The van der Waals surface area contributed by atoms with Crippen LogP contribution in [-0.4, -0.2) is 60.3 Å². The van der Waals surface area contributed by atoms with Crippen molar-refractivity contribution in [3.05, 3.63) is 0 Å². The molecule has 0 radical (unpaired) electrons. The largest absolute Gasteiger partial charge is 0.447 e. The third-order valence-corrected chi connectivity index (χ3v) is 6.44. The minimum absolute atomic E-state index is 0.0217. The number of fused-ring (bicyclic) bond motifs is 1. The smallest absolute Gasteiger partial charge is 0.414 e. The van der Waals surface area contributed by atoms with Crippen LogP contribution in [0, 0.1) is 11.8 Å². The molecule has 8 nitrogen and oxygen atoms in total. The number of nitrogens with one attached hydrogen (secondary N) is 4. The van der Waals surface area contributed by atoms with Crippen molar-refractivity contribution in [2.45, 2.75) is 56.7 Å². The number of rotatable bonds is 4. The Balaban J connectivity index is 1.50. The van der Waals surface area contributed by atoms with Gasteiger partial charge in [0.25, 0.3) is 0 Å². The van der Waals surface area contributed by atoms with Crippen LogP contribution in [0.1, 0.15) is 33.1 Å². The number of piperidine rings is 1. The molecule has 0 aromatic rings. The van der Waals surface area contributed by atoms with Gasteiger partial charge >= 0.3 is 6.09 Å². The number of ether oxygens (including phenoxy) is 1. The van der Waals surface area contributed by atoms with Crippen molar-refractivity contribution in [1.82, 2.24) is 21.3 Å². The standard InChI is InChI=1S/C17H28N4O4S/c1-9(2)25-17(24)21-15(23)11-4-6-26-16(11)20-14(22)10-7-13-12(19-8-10)3-5-18-13/h9-13,16,18-19H,3-8H2,1-2H3,(H,20,22)(H,21,23,24). The maximum absolute atomic E-state index is 12.7. The molecule has 0 aromatic heterocycles. The fourth-order valence-electron chi connectivity index (χ4n) is 3.84. The Morgan fingerprint density at radius 3 is 2.69 bits per heavy atom. The van der Waals surface area contributed by atoms with Crippen LogP contribution in [0.4, 0.5) is 4.79 Å². The Morgan fingerprint density at radius 1 is 1.12 bits per heavy atom. The van der Waals surface area contributed by atoms with Gasteiger partial charge in [0.1, 0.15) is 0 Å². The van der Waals surface area contributed by atoms with Crippen LogP contribution in [-0.2, 0) is 14.3 Å². The molecule has 3 amide bonds. The Hall–Kier alpha value is -1.32. The third-order valence-electron chi connectivity index (χ3n) is 5.16. The quantitative estimate of drug-likeness (QED) is 0.548. The molecule has 0 aromatic carbocycles. The van der Waals surface area contributed by atoms with E-state index in [9.17, 15) is 14.4 Å². The first-order chi connectivity index (χ1) is 12.4. The summed E-state index contributed by atoms with van der Waals surface area (Å²) < 4.78 is 4.95. The van der Waals surface area contributed by atoms with E-state index < -0.39 is 12.0 Å². The minimum Gasteiger partial charge on any atom is -0.447 e. The molecular weight excluding hydrogens is 356 g/mol. The average molecular weight is 385 g/mol. The molecule has 9 heteroatoms. The number of alkyl carbamates (subject to hydrolysis) is 1. The third kappa shape index (κ3) is 4.69. The van der Waals surface area contributed by atoms with Crippen molar-refractivity contribution in [1.29, 1.82) is 0 Å². The van der Waals surface area contributed by atoms with Gasteiger partial charge in [0.15, 0.2) is 0 Å². The second-order valence-electron chi connectivity index (χ2n) is 7.44. The molecule has 3 rings (SSSR count). The molecule has 0 saturated carbocycles. The maximum Gasteiger partial charge on any atom is 0.414 e. The highest BCUT2D eigenvalue weighted by Crippen LogP contribution is 2.31. The van der Waals surface area contributed by atoms with Crippen LogP contribution in [0.5, 0.6) is 0 Å². The van der Waals surface area contributed by atoms with Gasteiger partial charge in [-0.15, -0.1) is 11.8 Å². The van der Waals surface area contributed by atoms with Crippen LogP contribution in [0.3, 0.4) is 0 Å². The van der Waals surface area contributed by atoms with E-state index in [1.54, 1.807) is 25.6 Å². The normalized spacial score (nSPS) is 33.6. The molecule has 3 aliphatic heterocycles. The highest BCUT2D eigenvalue weighted by molar-refractivity contribution is 8.00. The predicted molar refractivity (Wildman–Crippen MR) is 98.6 cm³/mol. The zero-order valence-corrected chi connectivity index (χ0v) is 16.1. The SMILES string of the molecule is CC(C)OC(=O)NC(=O)C1CCSC1NC(=O)C1CNC2CCNC2C1. The van der Waals surface area contributed by atoms with Crippen LogP contribution in [0.2, 0.25) is 0 Å². The predicted octanol–water partition coefficient (Wildman–Crippen LogP) is 0.183. The average Bonchev–Trinajstić information content (AvgIpc) is 3.21. The van der Waals surface area contributed by atoms with Crippen molar-refractivity contribution < 1.29 is 19.1 Å². The summed E-state index contributed by atoms with van der Waals surface area (Å²) in [6, 6.07) is 0.811. The van der Waals surface area contributed by atoms with Crippen molar-refractivity contribution in [2.75, 3.05) is 18.8 Å². The lowest BCUT2D eigenvalue weighted by Gasteiger charge is -2.33. The summed E-state index contributed by atoms with van der Waals surface area (Å²) in [7, 11) is 0. The first-order valence-corrected chi connectivity index (χ1v) is 10.4. The Labute approximate surface area is 157 Å². The number of amides is 3. The van der Waals surface area contributed by atoms with Crippen molar-refractivity contribution in [3.63, 3.8) is 0 Å². The van der Waals surface area contributed by atoms with E-state index in [0.717, 1.165) is 25.1 Å². The summed E-state index contributed by atoms with van der Waals surface area (Å²) in [5.41, 5.74) is 0. The lowest BCUT2D eigenvalue weighted by Crippen LogP contribution is -2.54. The zero-order chi connectivity index (χ0) is 18.7. The van der Waals surface area contributed by atoms with Gasteiger partial charge in [0.2, 0.25) is 11.8 Å². The van der Waals surface area contributed by atoms with Gasteiger partial charge < -0.3 is 20.7 Å². The van der Waals surface area contributed by atoms with E-state index in [0.29, 0.717) is 25.0 Å².